The van der Waals surface area contributed by atoms with E-state index in [4.69, 9.17) is 0 Å². The number of aliphatic hydroxyl groups excluding tert-OH is 1. The molecule has 0 amide bonds. The molecule has 4 heteroatoms. The standard InChI is InChI=1S/C16H27N3O.C2H6/c1-13-3-4-14(16(20)17-2)8-12-19(11-7-13)15-5-9-18-10-6-15;1-2/h3-4,7-8,11,13,15-18,20H,5-6,9-10,12H2,1-2H3;1-2H3/b4-3-,11-7-,14-8+;. The average Bonchev–Trinajstić information content (AvgIpc) is 2.68. The molecule has 2 rings (SSSR count). The summed E-state index contributed by atoms with van der Waals surface area (Å²) >= 11 is 0. The second kappa shape index (κ2) is 10.6. The van der Waals surface area contributed by atoms with Gasteiger partial charge in [0, 0.05) is 12.6 Å². The van der Waals surface area contributed by atoms with Gasteiger partial charge in [-0.05, 0) is 50.7 Å². The van der Waals surface area contributed by atoms with Crippen LogP contribution in [-0.4, -0.2) is 49.0 Å². The van der Waals surface area contributed by atoms with Crippen molar-refractivity contribution in [3.63, 3.8) is 0 Å². The molecule has 0 aromatic rings. The Hall–Kier alpha value is -1.10. The molecule has 2 atom stereocenters. The fourth-order valence-corrected chi connectivity index (χ4v) is 2.69. The van der Waals surface area contributed by atoms with Gasteiger partial charge in [-0.15, -0.1) is 0 Å². The Morgan fingerprint density at radius 1 is 1.27 bits per heavy atom. The fraction of sp³-hybridized carbons (Fsp3) is 0.667. The summed E-state index contributed by atoms with van der Waals surface area (Å²) in [7, 11) is 1.78. The summed E-state index contributed by atoms with van der Waals surface area (Å²) in [6.07, 6.45) is 12.5. The highest BCUT2D eigenvalue weighted by atomic mass is 16.3. The molecule has 0 bridgehead atoms. The predicted octanol–water partition coefficient (Wildman–Crippen LogP) is 2.25. The number of aliphatic hydroxyl groups is 1. The molecule has 4 nitrogen and oxygen atoms in total. The zero-order valence-electron chi connectivity index (χ0n) is 14.5. The number of nitrogens with one attached hydrogen (secondary N) is 2. The van der Waals surface area contributed by atoms with E-state index in [2.05, 4.69) is 46.9 Å². The summed E-state index contributed by atoms with van der Waals surface area (Å²) in [5.41, 5.74) is 0.946. The molecule has 2 aliphatic heterocycles. The van der Waals surface area contributed by atoms with Crippen LogP contribution in [0.5, 0.6) is 0 Å². The highest BCUT2D eigenvalue weighted by Gasteiger charge is 2.18. The first-order valence-corrected chi connectivity index (χ1v) is 8.59. The van der Waals surface area contributed by atoms with Gasteiger partial charge < -0.3 is 15.3 Å². The Labute approximate surface area is 136 Å². The second-order valence-electron chi connectivity index (χ2n) is 5.63. The Bertz CT molecular complexity index is 384. The van der Waals surface area contributed by atoms with Gasteiger partial charge in [0.1, 0.15) is 6.23 Å². The van der Waals surface area contributed by atoms with Gasteiger partial charge in [0.25, 0.3) is 0 Å². The van der Waals surface area contributed by atoms with Crippen molar-refractivity contribution < 1.29 is 5.11 Å². The molecule has 1 saturated heterocycles. The largest absolute Gasteiger partial charge is 0.374 e. The van der Waals surface area contributed by atoms with E-state index in [1.807, 2.05) is 19.9 Å². The van der Waals surface area contributed by atoms with Crippen LogP contribution in [-0.2, 0) is 0 Å². The van der Waals surface area contributed by atoms with Crippen molar-refractivity contribution in [3.8, 4) is 0 Å². The molecular formula is C18H33N3O. The molecule has 0 radical (unpaired) electrons. The van der Waals surface area contributed by atoms with Crippen molar-refractivity contribution in [2.24, 2.45) is 5.92 Å². The van der Waals surface area contributed by atoms with Crippen molar-refractivity contribution in [1.82, 2.24) is 15.5 Å². The van der Waals surface area contributed by atoms with Gasteiger partial charge in [0.2, 0.25) is 0 Å². The Kier molecular flexibility index (Phi) is 9.13. The van der Waals surface area contributed by atoms with Crippen LogP contribution in [0.4, 0.5) is 0 Å². The summed E-state index contributed by atoms with van der Waals surface area (Å²) < 4.78 is 0. The lowest BCUT2D eigenvalue weighted by molar-refractivity contribution is 0.185. The highest BCUT2D eigenvalue weighted by molar-refractivity contribution is 5.25. The van der Waals surface area contributed by atoms with Crippen molar-refractivity contribution in [1.29, 1.82) is 0 Å². The van der Waals surface area contributed by atoms with Gasteiger partial charge in [0.05, 0.1) is 0 Å². The summed E-state index contributed by atoms with van der Waals surface area (Å²) in [5, 5.41) is 16.3. The molecule has 2 aliphatic rings. The smallest absolute Gasteiger partial charge is 0.130 e. The van der Waals surface area contributed by atoms with Crippen molar-refractivity contribution >= 4 is 0 Å². The van der Waals surface area contributed by atoms with Crippen molar-refractivity contribution in [2.75, 3.05) is 26.7 Å². The number of hydrogen-bond donors (Lipinski definition) is 3. The molecule has 0 spiro atoms. The molecular weight excluding hydrogens is 274 g/mol. The highest BCUT2D eigenvalue weighted by Crippen LogP contribution is 2.16. The van der Waals surface area contributed by atoms with Crippen LogP contribution in [0.15, 0.2) is 36.1 Å². The third-order valence-corrected chi connectivity index (χ3v) is 4.08. The second-order valence-corrected chi connectivity index (χ2v) is 5.63. The van der Waals surface area contributed by atoms with E-state index in [-0.39, 0.29) is 0 Å². The van der Waals surface area contributed by atoms with E-state index in [9.17, 15) is 5.11 Å². The molecule has 0 aliphatic carbocycles. The first-order valence-electron chi connectivity index (χ1n) is 8.59. The molecule has 2 unspecified atom stereocenters. The lowest BCUT2D eigenvalue weighted by Crippen LogP contribution is -2.40. The van der Waals surface area contributed by atoms with E-state index < -0.39 is 6.23 Å². The monoisotopic (exact) mass is 307 g/mol. The van der Waals surface area contributed by atoms with Gasteiger partial charge in [-0.3, -0.25) is 5.32 Å². The molecule has 0 saturated carbocycles. The zero-order valence-corrected chi connectivity index (χ0v) is 14.5. The first kappa shape index (κ1) is 18.9. The normalized spacial score (nSPS) is 29.8. The molecule has 0 aromatic heterocycles. The molecule has 1 fully saturated rings. The molecule has 2 heterocycles. The maximum absolute atomic E-state index is 9.99. The van der Waals surface area contributed by atoms with Crippen LogP contribution in [0.2, 0.25) is 0 Å². The summed E-state index contributed by atoms with van der Waals surface area (Å²) in [5.74, 6) is 0.379. The minimum absolute atomic E-state index is 0.379. The predicted molar refractivity (Wildman–Crippen MR) is 94.5 cm³/mol. The van der Waals surface area contributed by atoms with Gasteiger partial charge >= 0.3 is 0 Å². The maximum Gasteiger partial charge on any atom is 0.130 e. The van der Waals surface area contributed by atoms with Crippen LogP contribution in [0.25, 0.3) is 0 Å². The van der Waals surface area contributed by atoms with Gasteiger partial charge in [-0.1, -0.05) is 45.1 Å². The van der Waals surface area contributed by atoms with Gasteiger partial charge in [-0.2, -0.15) is 0 Å². The number of likely N-dealkylation sites (N-methyl/N-ethyl adjacent to an activating group) is 1. The fourth-order valence-electron chi connectivity index (χ4n) is 2.69. The zero-order chi connectivity index (χ0) is 16.4. The first-order chi connectivity index (χ1) is 10.7. The Balaban J connectivity index is 0.00000116. The van der Waals surface area contributed by atoms with Crippen LogP contribution in [0, 0.1) is 5.92 Å². The summed E-state index contributed by atoms with van der Waals surface area (Å²) in [4.78, 5) is 2.41. The number of nitrogens with zero attached hydrogens (tertiary/aromatic N) is 1. The van der Waals surface area contributed by atoms with Gasteiger partial charge in [0.15, 0.2) is 0 Å². The topological polar surface area (TPSA) is 47.5 Å². The number of rotatable bonds is 3. The third-order valence-electron chi connectivity index (χ3n) is 4.08. The molecule has 3 N–H and O–H groups in total. The summed E-state index contributed by atoms with van der Waals surface area (Å²) in [6, 6.07) is 0.599. The quantitative estimate of drug-likeness (QED) is 0.700. The minimum Gasteiger partial charge on any atom is -0.374 e. The lowest BCUT2D eigenvalue weighted by Gasteiger charge is -2.33. The van der Waals surface area contributed by atoms with Crippen molar-refractivity contribution in [2.45, 2.75) is 45.9 Å². The summed E-state index contributed by atoms with van der Waals surface area (Å²) in [6.45, 7) is 9.21. The van der Waals surface area contributed by atoms with Crippen LogP contribution in [0.1, 0.15) is 33.6 Å². The number of hydrogen-bond acceptors (Lipinski definition) is 4. The molecule has 22 heavy (non-hydrogen) atoms. The van der Waals surface area contributed by atoms with E-state index in [0.717, 1.165) is 25.2 Å². The minimum atomic E-state index is -0.591. The third kappa shape index (κ3) is 5.95. The van der Waals surface area contributed by atoms with E-state index in [0.29, 0.717) is 12.0 Å². The Morgan fingerprint density at radius 2 is 1.95 bits per heavy atom. The van der Waals surface area contributed by atoms with Crippen LogP contribution < -0.4 is 10.6 Å². The van der Waals surface area contributed by atoms with Crippen LogP contribution in [0.3, 0.4) is 0 Å². The average molecular weight is 307 g/mol. The Morgan fingerprint density at radius 3 is 2.59 bits per heavy atom. The maximum atomic E-state index is 9.99. The molecule has 126 valence electrons. The molecule has 0 aromatic carbocycles. The van der Waals surface area contributed by atoms with Crippen molar-refractivity contribution in [3.05, 3.63) is 36.1 Å². The van der Waals surface area contributed by atoms with E-state index in [1.165, 1.54) is 12.8 Å². The van der Waals surface area contributed by atoms with E-state index >= 15 is 0 Å². The van der Waals surface area contributed by atoms with E-state index in [1.54, 1.807) is 7.05 Å². The van der Waals surface area contributed by atoms with Gasteiger partial charge in [-0.25, -0.2) is 0 Å². The number of piperidine rings is 1. The lowest BCUT2D eigenvalue weighted by atomic mass is 10.0. The number of allylic oxidation sites excluding steroid dienone is 2. The SMILES string of the molecule is CC.CNC(O)C1=C/CN(C2CCNCC2)/C=C\C(C)/C=C\1. The van der Waals surface area contributed by atoms with Crippen LogP contribution >= 0.6 is 0 Å².